The summed E-state index contributed by atoms with van der Waals surface area (Å²) in [6.07, 6.45) is 5.64. The molecule has 1 aromatic carbocycles. The van der Waals surface area contributed by atoms with Crippen LogP contribution in [0, 0.1) is 0 Å². The summed E-state index contributed by atoms with van der Waals surface area (Å²) < 4.78 is 4.57. The number of rotatable bonds is 5. The summed E-state index contributed by atoms with van der Waals surface area (Å²) in [5.41, 5.74) is 1.17. The van der Waals surface area contributed by atoms with Crippen molar-refractivity contribution in [3.8, 4) is 0 Å². The number of ketones is 1. The van der Waals surface area contributed by atoms with E-state index < -0.39 is 0 Å². The van der Waals surface area contributed by atoms with E-state index in [-0.39, 0.29) is 5.78 Å². The monoisotopic (exact) mass is 260 g/mol. The highest BCUT2D eigenvalue weighted by molar-refractivity contribution is 5.76. The first-order chi connectivity index (χ1) is 9.12. The molecule has 0 amide bonds. The summed E-state index contributed by atoms with van der Waals surface area (Å²) in [5, 5.41) is 0. The number of carbonyl (C=O) groups is 1. The van der Waals surface area contributed by atoms with Gasteiger partial charge < -0.3 is 4.74 Å². The van der Waals surface area contributed by atoms with E-state index in [0.29, 0.717) is 13.0 Å². The van der Waals surface area contributed by atoms with Crippen molar-refractivity contribution >= 4 is 11.9 Å². The van der Waals surface area contributed by atoms with Crippen LogP contribution in [0.25, 0.3) is 6.08 Å². The average Bonchev–Trinajstić information content (AvgIpc) is 2.42. The molecule has 0 fully saturated rings. The average molecular weight is 260 g/mol. The minimum Gasteiger partial charge on any atom is -0.381 e. The maximum Gasteiger partial charge on any atom is 0.133 e. The maximum absolute atomic E-state index is 9.97. The highest BCUT2D eigenvalue weighted by Crippen LogP contribution is 1.97. The number of ether oxygens (including phenoxy) is 1. The molecule has 19 heavy (non-hydrogen) atoms. The lowest BCUT2D eigenvalue weighted by Crippen LogP contribution is -1.81. The van der Waals surface area contributed by atoms with Crippen LogP contribution in [0.4, 0.5) is 0 Å². The molecule has 0 radical (unpaired) electrons. The van der Waals surface area contributed by atoms with E-state index in [2.05, 4.69) is 24.5 Å². The molecule has 0 N–H and O–H groups in total. The highest BCUT2D eigenvalue weighted by Gasteiger charge is 1.80. The van der Waals surface area contributed by atoms with Gasteiger partial charge in [-0.1, -0.05) is 55.1 Å². The largest absolute Gasteiger partial charge is 0.381 e. The van der Waals surface area contributed by atoms with E-state index in [0.717, 1.165) is 0 Å². The summed E-state index contributed by atoms with van der Waals surface area (Å²) in [4.78, 5) is 9.97. The molecular weight excluding hydrogens is 236 g/mol. The van der Waals surface area contributed by atoms with E-state index in [1.165, 1.54) is 5.56 Å². The van der Waals surface area contributed by atoms with Crippen LogP contribution in [0.3, 0.4) is 0 Å². The predicted octanol–water partition coefficient (Wildman–Crippen LogP) is 4.30. The standard InChI is InChI=1S/C8H8.C5H8O.C4H8O/c1-2-8-6-4-3-5-7-8;1-3-4-5(2)6;1-3-4-5-2/h2-7H,1H2;3H,1,4H2,2H3;3H,1,4H2,2H3. The Kier molecular flexibility index (Phi) is 16.4. The fourth-order valence-corrected chi connectivity index (χ4v) is 0.910. The molecule has 0 aliphatic carbocycles. The molecule has 0 aliphatic rings. The van der Waals surface area contributed by atoms with E-state index in [1.54, 1.807) is 26.2 Å². The third kappa shape index (κ3) is 18.6. The summed E-state index contributed by atoms with van der Waals surface area (Å²) in [5.74, 6) is 0.171. The molecule has 1 rings (SSSR count). The summed E-state index contributed by atoms with van der Waals surface area (Å²) in [6, 6.07) is 10.0. The van der Waals surface area contributed by atoms with E-state index in [9.17, 15) is 4.79 Å². The summed E-state index contributed by atoms with van der Waals surface area (Å²) in [7, 11) is 1.64. The van der Waals surface area contributed by atoms with Gasteiger partial charge in [-0.3, -0.25) is 4.79 Å². The van der Waals surface area contributed by atoms with Gasteiger partial charge in [-0.25, -0.2) is 0 Å². The molecule has 0 heterocycles. The third-order valence-electron chi connectivity index (χ3n) is 1.75. The van der Waals surface area contributed by atoms with Crippen LogP contribution in [-0.2, 0) is 9.53 Å². The van der Waals surface area contributed by atoms with Gasteiger partial charge in [0, 0.05) is 13.5 Å². The van der Waals surface area contributed by atoms with Gasteiger partial charge in [-0.2, -0.15) is 0 Å². The van der Waals surface area contributed by atoms with Crippen LogP contribution in [-0.4, -0.2) is 19.5 Å². The van der Waals surface area contributed by atoms with Gasteiger partial charge in [0.15, 0.2) is 0 Å². The van der Waals surface area contributed by atoms with Crippen LogP contribution in [0.15, 0.2) is 62.2 Å². The van der Waals surface area contributed by atoms with Crippen LogP contribution < -0.4 is 0 Å². The second kappa shape index (κ2) is 16.1. The fourth-order valence-electron chi connectivity index (χ4n) is 0.910. The molecule has 0 spiro atoms. The van der Waals surface area contributed by atoms with E-state index in [1.807, 2.05) is 36.4 Å². The molecule has 0 unspecified atom stereocenters. The Morgan fingerprint density at radius 2 is 1.74 bits per heavy atom. The van der Waals surface area contributed by atoms with Crippen molar-refractivity contribution in [3.05, 3.63) is 67.8 Å². The van der Waals surface area contributed by atoms with E-state index >= 15 is 0 Å². The Bertz CT molecular complexity index is 353. The first kappa shape index (κ1) is 19.4. The zero-order valence-electron chi connectivity index (χ0n) is 12.0. The zero-order valence-corrected chi connectivity index (χ0v) is 12.0. The lowest BCUT2D eigenvalue weighted by Gasteiger charge is -1.85. The quantitative estimate of drug-likeness (QED) is 0.738. The molecule has 0 atom stereocenters. The Balaban J connectivity index is 0. The van der Waals surface area contributed by atoms with Gasteiger partial charge in [0.2, 0.25) is 0 Å². The van der Waals surface area contributed by atoms with Crippen LogP contribution in [0.1, 0.15) is 18.9 Å². The number of methoxy groups -OCH3 is 1. The second-order valence-electron chi connectivity index (χ2n) is 3.55. The minimum absolute atomic E-state index is 0.171. The van der Waals surface area contributed by atoms with Crippen molar-refractivity contribution in [2.24, 2.45) is 0 Å². The van der Waals surface area contributed by atoms with Crippen molar-refractivity contribution < 1.29 is 9.53 Å². The number of carbonyl (C=O) groups excluding carboxylic acids is 1. The minimum atomic E-state index is 0.171. The second-order valence-corrected chi connectivity index (χ2v) is 3.55. The van der Waals surface area contributed by atoms with Crippen LogP contribution in [0.5, 0.6) is 0 Å². The molecule has 1 aromatic rings. The molecule has 0 aliphatic heterocycles. The van der Waals surface area contributed by atoms with Crippen molar-refractivity contribution in [1.82, 2.24) is 0 Å². The number of hydrogen-bond acceptors (Lipinski definition) is 2. The molecule has 104 valence electrons. The van der Waals surface area contributed by atoms with Gasteiger partial charge >= 0.3 is 0 Å². The van der Waals surface area contributed by atoms with Crippen molar-refractivity contribution in [1.29, 1.82) is 0 Å². The fraction of sp³-hybridized carbons (Fsp3) is 0.235. The molecule has 0 bridgehead atoms. The summed E-state index contributed by atoms with van der Waals surface area (Å²) >= 11 is 0. The lowest BCUT2D eigenvalue weighted by molar-refractivity contribution is -0.116. The van der Waals surface area contributed by atoms with Gasteiger partial charge in [-0.15, -0.1) is 13.2 Å². The molecule has 0 saturated carbocycles. The Hall–Kier alpha value is -1.93. The SMILES string of the molecule is C=CCC(C)=O.C=CCOC.C=Cc1ccccc1. The third-order valence-corrected chi connectivity index (χ3v) is 1.75. The Morgan fingerprint density at radius 3 is 1.89 bits per heavy atom. The molecule has 2 heteroatoms. The number of Topliss-reactive ketones (excluding diaryl/α,β-unsaturated/α-hetero) is 1. The predicted molar refractivity (Wildman–Crippen MR) is 84.1 cm³/mol. The number of hydrogen-bond donors (Lipinski definition) is 0. The lowest BCUT2D eigenvalue weighted by atomic mass is 10.2. The maximum atomic E-state index is 9.97. The van der Waals surface area contributed by atoms with Gasteiger partial charge in [0.25, 0.3) is 0 Å². The molecule has 2 nitrogen and oxygen atoms in total. The van der Waals surface area contributed by atoms with Crippen molar-refractivity contribution in [2.45, 2.75) is 13.3 Å². The molecular formula is C17H24O2. The Morgan fingerprint density at radius 1 is 1.16 bits per heavy atom. The number of benzene rings is 1. The zero-order chi connectivity index (χ0) is 14.9. The van der Waals surface area contributed by atoms with Crippen molar-refractivity contribution in [2.75, 3.05) is 13.7 Å². The topological polar surface area (TPSA) is 26.3 Å². The smallest absolute Gasteiger partial charge is 0.133 e. The van der Waals surface area contributed by atoms with Gasteiger partial charge in [0.05, 0.1) is 6.61 Å². The van der Waals surface area contributed by atoms with Crippen LogP contribution >= 0.6 is 0 Å². The van der Waals surface area contributed by atoms with Gasteiger partial charge in [-0.05, 0) is 12.5 Å². The highest BCUT2D eigenvalue weighted by atomic mass is 16.5. The molecule has 0 saturated heterocycles. The molecule has 0 aromatic heterocycles. The van der Waals surface area contributed by atoms with Gasteiger partial charge in [0.1, 0.15) is 5.78 Å². The van der Waals surface area contributed by atoms with Crippen LogP contribution in [0.2, 0.25) is 0 Å². The first-order valence-electron chi connectivity index (χ1n) is 6.00. The Labute approximate surface area is 117 Å². The first-order valence-corrected chi connectivity index (χ1v) is 6.00. The normalized spacial score (nSPS) is 7.89. The summed E-state index contributed by atoms with van der Waals surface area (Å²) in [6.45, 7) is 12.6. The number of allylic oxidation sites excluding steroid dienone is 1. The van der Waals surface area contributed by atoms with E-state index in [4.69, 9.17) is 0 Å². The van der Waals surface area contributed by atoms with Crippen molar-refractivity contribution in [3.63, 3.8) is 0 Å².